The average Bonchev–Trinajstić information content (AvgIpc) is 2.12. The zero-order valence-electron chi connectivity index (χ0n) is 9.29. The van der Waals surface area contributed by atoms with Crippen LogP contribution in [0.15, 0.2) is 6.07 Å². The third-order valence-corrected chi connectivity index (χ3v) is 2.47. The van der Waals surface area contributed by atoms with E-state index in [1.807, 2.05) is 0 Å². The Hall–Kier alpha value is -1.03. The van der Waals surface area contributed by atoms with Crippen LogP contribution in [-0.4, -0.2) is 16.0 Å². The van der Waals surface area contributed by atoms with E-state index < -0.39 is 0 Å². The van der Waals surface area contributed by atoms with Crippen molar-refractivity contribution in [2.75, 3.05) is 11.1 Å². The summed E-state index contributed by atoms with van der Waals surface area (Å²) in [5, 5.41) is 3.47. The number of nitrogens with two attached hydrogens (primary N) is 1. The maximum absolute atomic E-state index is 5.71. The molecule has 0 aliphatic heterocycles. The van der Waals surface area contributed by atoms with Crippen molar-refractivity contribution in [3.8, 4) is 0 Å². The predicted molar refractivity (Wildman–Crippen MR) is 64.0 cm³/mol. The molecule has 1 rings (SSSR count). The summed E-state index contributed by atoms with van der Waals surface area (Å²) in [5.41, 5.74) is 5.58. The van der Waals surface area contributed by atoms with Crippen molar-refractivity contribution in [2.24, 2.45) is 5.92 Å². The van der Waals surface area contributed by atoms with Crippen LogP contribution in [0.1, 0.15) is 27.2 Å². The highest BCUT2D eigenvalue weighted by Gasteiger charge is 2.11. The average molecular weight is 229 g/mol. The van der Waals surface area contributed by atoms with Gasteiger partial charge in [0.15, 0.2) is 0 Å². The molecule has 1 heterocycles. The Labute approximate surface area is 95.3 Å². The molecule has 0 unspecified atom stereocenters. The SMILES string of the molecule is CC[C@@H](Nc1cc(N)nc(Cl)n1)C(C)C. The maximum Gasteiger partial charge on any atom is 0.226 e. The molecule has 3 N–H and O–H groups in total. The van der Waals surface area contributed by atoms with E-state index >= 15 is 0 Å². The fourth-order valence-electron chi connectivity index (χ4n) is 1.44. The molecule has 5 heteroatoms. The normalized spacial score (nSPS) is 12.9. The van der Waals surface area contributed by atoms with Crippen molar-refractivity contribution in [1.82, 2.24) is 9.97 Å². The van der Waals surface area contributed by atoms with Gasteiger partial charge in [-0.05, 0) is 23.9 Å². The van der Waals surface area contributed by atoms with Crippen LogP contribution >= 0.6 is 11.6 Å². The van der Waals surface area contributed by atoms with Gasteiger partial charge < -0.3 is 11.1 Å². The minimum absolute atomic E-state index is 0.177. The van der Waals surface area contributed by atoms with Gasteiger partial charge in [0.2, 0.25) is 5.28 Å². The van der Waals surface area contributed by atoms with Crippen molar-refractivity contribution in [1.29, 1.82) is 0 Å². The van der Waals surface area contributed by atoms with Crippen LogP contribution in [0.3, 0.4) is 0 Å². The number of aromatic nitrogens is 2. The number of hydrogen-bond donors (Lipinski definition) is 2. The zero-order chi connectivity index (χ0) is 11.4. The van der Waals surface area contributed by atoms with E-state index in [0.29, 0.717) is 23.6 Å². The lowest BCUT2D eigenvalue weighted by Crippen LogP contribution is -2.25. The van der Waals surface area contributed by atoms with E-state index in [2.05, 4.69) is 36.1 Å². The van der Waals surface area contributed by atoms with E-state index in [-0.39, 0.29) is 5.28 Å². The molecule has 0 saturated carbocycles. The first-order chi connectivity index (χ1) is 7.02. The van der Waals surface area contributed by atoms with E-state index in [9.17, 15) is 0 Å². The summed E-state index contributed by atoms with van der Waals surface area (Å²) in [7, 11) is 0. The predicted octanol–water partition coefficient (Wildman–Crippen LogP) is 2.56. The first-order valence-corrected chi connectivity index (χ1v) is 5.47. The highest BCUT2D eigenvalue weighted by atomic mass is 35.5. The fraction of sp³-hybridized carbons (Fsp3) is 0.600. The van der Waals surface area contributed by atoms with Gasteiger partial charge >= 0.3 is 0 Å². The maximum atomic E-state index is 5.71. The van der Waals surface area contributed by atoms with Crippen LogP contribution in [0, 0.1) is 5.92 Å². The molecule has 4 nitrogen and oxygen atoms in total. The minimum atomic E-state index is 0.177. The zero-order valence-corrected chi connectivity index (χ0v) is 10.0. The first-order valence-electron chi connectivity index (χ1n) is 5.09. The van der Waals surface area contributed by atoms with Crippen LogP contribution in [0.2, 0.25) is 5.28 Å². The molecular formula is C10H17ClN4. The number of rotatable bonds is 4. The van der Waals surface area contributed by atoms with Crippen molar-refractivity contribution >= 4 is 23.2 Å². The molecule has 0 bridgehead atoms. The van der Waals surface area contributed by atoms with Gasteiger partial charge in [0.1, 0.15) is 11.6 Å². The summed E-state index contributed by atoms with van der Waals surface area (Å²) in [5.74, 6) is 1.61. The molecule has 0 aliphatic rings. The summed E-state index contributed by atoms with van der Waals surface area (Å²) in [6.07, 6.45) is 1.03. The lowest BCUT2D eigenvalue weighted by Gasteiger charge is -2.21. The van der Waals surface area contributed by atoms with Gasteiger partial charge in [-0.1, -0.05) is 20.8 Å². The van der Waals surface area contributed by atoms with Gasteiger partial charge in [-0.2, -0.15) is 0 Å². The Morgan fingerprint density at radius 2 is 2.13 bits per heavy atom. The summed E-state index contributed by atoms with van der Waals surface area (Å²) in [6.45, 7) is 6.45. The highest BCUT2D eigenvalue weighted by molar-refractivity contribution is 6.28. The Bertz CT molecular complexity index is 307. The van der Waals surface area contributed by atoms with Crippen LogP contribution in [0.5, 0.6) is 0 Å². The topological polar surface area (TPSA) is 63.8 Å². The number of hydrogen-bond acceptors (Lipinski definition) is 4. The third kappa shape index (κ3) is 3.55. The molecule has 0 spiro atoms. The standard InChI is InChI=1S/C10H17ClN4/c1-4-7(6(2)3)13-9-5-8(12)14-10(11)15-9/h5-7H,4H2,1-3H3,(H3,12,13,14,15)/t7-/m1/s1. The van der Waals surface area contributed by atoms with Gasteiger partial charge in [-0.3, -0.25) is 0 Å². The van der Waals surface area contributed by atoms with E-state index in [0.717, 1.165) is 6.42 Å². The van der Waals surface area contributed by atoms with Gasteiger partial charge in [0.05, 0.1) is 0 Å². The molecule has 0 aliphatic carbocycles. The molecule has 15 heavy (non-hydrogen) atoms. The molecule has 0 amide bonds. The van der Waals surface area contributed by atoms with Crippen molar-refractivity contribution in [3.05, 3.63) is 11.3 Å². The monoisotopic (exact) mass is 228 g/mol. The Morgan fingerprint density at radius 3 is 2.60 bits per heavy atom. The second-order valence-electron chi connectivity index (χ2n) is 3.85. The Kier molecular flexibility index (Phi) is 4.15. The summed E-state index contributed by atoms with van der Waals surface area (Å²) in [4.78, 5) is 7.87. The molecule has 1 aromatic rings. The van der Waals surface area contributed by atoms with Crippen LogP contribution in [0.25, 0.3) is 0 Å². The second-order valence-corrected chi connectivity index (χ2v) is 4.19. The van der Waals surface area contributed by atoms with E-state index in [4.69, 9.17) is 17.3 Å². The van der Waals surface area contributed by atoms with Gasteiger partial charge in [-0.15, -0.1) is 0 Å². The molecule has 0 radical (unpaired) electrons. The van der Waals surface area contributed by atoms with Crippen LogP contribution in [-0.2, 0) is 0 Å². The Morgan fingerprint density at radius 1 is 1.47 bits per heavy atom. The summed E-state index contributed by atoms with van der Waals surface area (Å²) < 4.78 is 0. The molecule has 0 fully saturated rings. The lowest BCUT2D eigenvalue weighted by molar-refractivity contribution is 0.510. The molecular weight excluding hydrogens is 212 g/mol. The van der Waals surface area contributed by atoms with Gasteiger partial charge in [-0.25, -0.2) is 9.97 Å². The molecule has 84 valence electrons. The first kappa shape index (κ1) is 12.0. The minimum Gasteiger partial charge on any atom is -0.383 e. The second kappa shape index (κ2) is 5.16. The lowest BCUT2D eigenvalue weighted by atomic mass is 10.0. The highest BCUT2D eigenvalue weighted by Crippen LogP contribution is 2.16. The molecule has 0 saturated heterocycles. The largest absolute Gasteiger partial charge is 0.383 e. The number of anilines is 2. The van der Waals surface area contributed by atoms with Gasteiger partial charge in [0, 0.05) is 12.1 Å². The number of nitrogens with zero attached hydrogens (tertiary/aromatic N) is 2. The molecule has 0 aromatic carbocycles. The van der Waals surface area contributed by atoms with E-state index in [1.165, 1.54) is 0 Å². The third-order valence-electron chi connectivity index (χ3n) is 2.30. The fourth-order valence-corrected chi connectivity index (χ4v) is 1.63. The van der Waals surface area contributed by atoms with Crippen molar-refractivity contribution in [3.63, 3.8) is 0 Å². The van der Waals surface area contributed by atoms with Gasteiger partial charge in [0.25, 0.3) is 0 Å². The Balaban J connectivity index is 2.79. The van der Waals surface area contributed by atoms with Crippen LogP contribution < -0.4 is 11.1 Å². The molecule has 1 aromatic heterocycles. The quantitative estimate of drug-likeness (QED) is 0.778. The van der Waals surface area contributed by atoms with Crippen molar-refractivity contribution in [2.45, 2.75) is 33.2 Å². The smallest absolute Gasteiger partial charge is 0.226 e. The number of nitrogen functional groups attached to an aromatic ring is 1. The molecule has 1 atom stereocenters. The van der Waals surface area contributed by atoms with E-state index in [1.54, 1.807) is 6.07 Å². The van der Waals surface area contributed by atoms with Crippen LogP contribution in [0.4, 0.5) is 11.6 Å². The van der Waals surface area contributed by atoms with Crippen molar-refractivity contribution < 1.29 is 0 Å². The summed E-state index contributed by atoms with van der Waals surface area (Å²) >= 11 is 5.71. The summed E-state index contributed by atoms with van der Waals surface area (Å²) in [6, 6.07) is 2.06. The number of halogens is 1. The number of nitrogens with one attached hydrogen (secondary N) is 1.